The van der Waals surface area contributed by atoms with Crippen LogP contribution in [0.5, 0.6) is 0 Å². The summed E-state index contributed by atoms with van der Waals surface area (Å²) in [6, 6.07) is 11.3. The number of carbonyl (C=O) groups is 1. The van der Waals surface area contributed by atoms with Crippen LogP contribution in [-0.4, -0.2) is 25.8 Å². The fraction of sp³-hybridized carbons (Fsp3) is 0.0625. The molecule has 0 unspecified atom stereocenters. The lowest BCUT2D eigenvalue weighted by molar-refractivity contribution is 0.0951. The molecule has 2 aromatic carbocycles. The molecule has 108 valence electrons. The minimum absolute atomic E-state index is 0.110. The first-order chi connectivity index (χ1) is 10.8. The first kappa shape index (κ1) is 12.6. The fourth-order valence-corrected chi connectivity index (χ4v) is 2.45. The summed E-state index contributed by atoms with van der Waals surface area (Å²) in [6.07, 6.45) is 3.28. The van der Waals surface area contributed by atoms with Crippen LogP contribution in [0, 0.1) is 0 Å². The first-order valence-corrected chi connectivity index (χ1v) is 6.93. The Bertz CT molecular complexity index is 969. The molecular formula is C16H13N5O. The number of rotatable bonds is 3. The zero-order valence-electron chi connectivity index (χ0n) is 11.6. The van der Waals surface area contributed by atoms with E-state index in [0.29, 0.717) is 12.1 Å². The van der Waals surface area contributed by atoms with Crippen molar-refractivity contribution in [2.75, 3.05) is 0 Å². The molecule has 2 heterocycles. The molecule has 1 amide bonds. The summed E-state index contributed by atoms with van der Waals surface area (Å²) in [7, 11) is 0. The second kappa shape index (κ2) is 5.00. The van der Waals surface area contributed by atoms with Crippen LogP contribution in [0.15, 0.2) is 49.1 Å². The molecule has 0 spiro atoms. The molecule has 0 aliphatic carbocycles. The molecule has 4 aromatic rings. The third kappa shape index (κ3) is 2.20. The molecular weight excluding hydrogens is 278 g/mol. The summed E-state index contributed by atoms with van der Waals surface area (Å²) >= 11 is 0. The zero-order chi connectivity index (χ0) is 14.9. The summed E-state index contributed by atoms with van der Waals surface area (Å²) in [6.45, 7) is 0.467. The van der Waals surface area contributed by atoms with Crippen LogP contribution in [0.4, 0.5) is 0 Å². The Morgan fingerprint density at radius 1 is 0.955 bits per heavy atom. The Labute approximate surface area is 125 Å². The van der Waals surface area contributed by atoms with Crippen molar-refractivity contribution in [3.8, 4) is 0 Å². The Hall–Kier alpha value is -3.15. The number of aromatic amines is 2. The van der Waals surface area contributed by atoms with Crippen LogP contribution in [0.3, 0.4) is 0 Å². The van der Waals surface area contributed by atoms with E-state index in [9.17, 15) is 4.79 Å². The van der Waals surface area contributed by atoms with Crippen LogP contribution in [0.2, 0.25) is 0 Å². The van der Waals surface area contributed by atoms with E-state index in [4.69, 9.17) is 0 Å². The Balaban J connectivity index is 1.51. The second-order valence-electron chi connectivity index (χ2n) is 5.07. The van der Waals surface area contributed by atoms with E-state index in [1.165, 1.54) is 0 Å². The van der Waals surface area contributed by atoms with Gasteiger partial charge in [0.1, 0.15) is 0 Å². The summed E-state index contributed by atoms with van der Waals surface area (Å²) < 4.78 is 0. The van der Waals surface area contributed by atoms with E-state index in [0.717, 1.165) is 27.6 Å². The van der Waals surface area contributed by atoms with Gasteiger partial charge < -0.3 is 15.3 Å². The van der Waals surface area contributed by atoms with Crippen molar-refractivity contribution < 1.29 is 4.79 Å². The molecule has 0 saturated carbocycles. The topological polar surface area (TPSA) is 86.5 Å². The van der Waals surface area contributed by atoms with Crippen LogP contribution in [0.1, 0.15) is 15.9 Å². The quantitative estimate of drug-likeness (QED) is 0.541. The molecule has 0 aliphatic rings. The van der Waals surface area contributed by atoms with Gasteiger partial charge in [-0.1, -0.05) is 6.07 Å². The molecule has 0 fully saturated rings. The van der Waals surface area contributed by atoms with Gasteiger partial charge in [-0.2, -0.15) is 0 Å². The van der Waals surface area contributed by atoms with Gasteiger partial charge in [-0.25, -0.2) is 9.97 Å². The molecule has 0 bridgehead atoms. The normalized spacial score (nSPS) is 11.1. The van der Waals surface area contributed by atoms with Gasteiger partial charge in [0.15, 0.2) is 0 Å². The standard InChI is InChI=1S/C16H13N5O/c22-16(11-2-4-13-15(6-11)21-9-19-13)17-7-10-1-3-12-14(5-10)20-8-18-12/h1-6,8-9H,7H2,(H,17,22)(H,18,20)(H,19,21). The van der Waals surface area contributed by atoms with Crippen molar-refractivity contribution in [3.63, 3.8) is 0 Å². The highest BCUT2D eigenvalue weighted by atomic mass is 16.1. The molecule has 2 aromatic heterocycles. The SMILES string of the molecule is O=C(NCc1ccc2nc[nH]c2c1)c1ccc2nc[nH]c2c1. The van der Waals surface area contributed by atoms with Gasteiger partial charge in [0.2, 0.25) is 0 Å². The van der Waals surface area contributed by atoms with Gasteiger partial charge in [0.25, 0.3) is 5.91 Å². The van der Waals surface area contributed by atoms with Crippen molar-refractivity contribution in [3.05, 3.63) is 60.2 Å². The third-order valence-corrected chi connectivity index (χ3v) is 3.62. The minimum atomic E-state index is -0.110. The number of carbonyl (C=O) groups excluding carboxylic acids is 1. The van der Waals surface area contributed by atoms with Crippen LogP contribution in [0.25, 0.3) is 22.1 Å². The molecule has 3 N–H and O–H groups in total. The van der Waals surface area contributed by atoms with Gasteiger partial charge in [0, 0.05) is 12.1 Å². The lowest BCUT2D eigenvalue weighted by Crippen LogP contribution is -2.22. The first-order valence-electron chi connectivity index (χ1n) is 6.93. The maximum atomic E-state index is 12.2. The summed E-state index contributed by atoms with van der Waals surface area (Å²) in [5.41, 5.74) is 5.21. The second-order valence-corrected chi connectivity index (χ2v) is 5.07. The largest absolute Gasteiger partial charge is 0.348 e. The van der Waals surface area contributed by atoms with E-state index >= 15 is 0 Å². The number of fused-ring (bicyclic) bond motifs is 2. The van der Waals surface area contributed by atoms with Gasteiger partial charge in [-0.3, -0.25) is 4.79 Å². The number of benzene rings is 2. The summed E-state index contributed by atoms with van der Waals surface area (Å²) in [5, 5.41) is 2.92. The van der Waals surface area contributed by atoms with Crippen LogP contribution >= 0.6 is 0 Å². The highest BCUT2D eigenvalue weighted by Crippen LogP contribution is 2.13. The number of imidazole rings is 2. The monoisotopic (exact) mass is 291 g/mol. The highest BCUT2D eigenvalue weighted by molar-refractivity contribution is 5.97. The molecule has 6 heteroatoms. The number of hydrogen-bond donors (Lipinski definition) is 3. The third-order valence-electron chi connectivity index (χ3n) is 3.62. The predicted molar refractivity (Wildman–Crippen MR) is 83.4 cm³/mol. The van der Waals surface area contributed by atoms with Crippen molar-refractivity contribution in [2.45, 2.75) is 6.54 Å². The molecule has 0 atom stereocenters. The number of nitrogens with zero attached hydrogens (tertiary/aromatic N) is 2. The number of aromatic nitrogens is 4. The lowest BCUT2D eigenvalue weighted by Gasteiger charge is -2.05. The number of hydrogen-bond acceptors (Lipinski definition) is 3. The smallest absolute Gasteiger partial charge is 0.251 e. The minimum Gasteiger partial charge on any atom is -0.348 e. The van der Waals surface area contributed by atoms with Crippen molar-refractivity contribution in [2.24, 2.45) is 0 Å². The average molecular weight is 291 g/mol. The number of amides is 1. The van der Waals surface area contributed by atoms with Crippen molar-refractivity contribution in [1.29, 1.82) is 0 Å². The maximum absolute atomic E-state index is 12.2. The van der Waals surface area contributed by atoms with Gasteiger partial charge in [-0.05, 0) is 35.9 Å². The Morgan fingerprint density at radius 3 is 2.41 bits per heavy atom. The van der Waals surface area contributed by atoms with E-state index in [1.54, 1.807) is 24.8 Å². The van der Waals surface area contributed by atoms with Gasteiger partial charge >= 0.3 is 0 Å². The fourth-order valence-electron chi connectivity index (χ4n) is 2.45. The Morgan fingerprint density at radius 2 is 1.64 bits per heavy atom. The zero-order valence-corrected chi connectivity index (χ0v) is 11.6. The average Bonchev–Trinajstić information content (AvgIpc) is 3.19. The molecule has 0 aliphatic heterocycles. The summed E-state index contributed by atoms with van der Waals surface area (Å²) in [5.74, 6) is -0.110. The number of H-pyrrole nitrogens is 2. The van der Waals surface area contributed by atoms with Crippen LogP contribution in [-0.2, 0) is 6.54 Å². The molecule has 0 radical (unpaired) electrons. The van der Waals surface area contributed by atoms with Gasteiger partial charge in [-0.15, -0.1) is 0 Å². The van der Waals surface area contributed by atoms with E-state index in [2.05, 4.69) is 25.3 Å². The van der Waals surface area contributed by atoms with Gasteiger partial charge in [0.05, 0.1) is 34.7 Å². The summed E-state index contributed by atoms with van der Waals surface area (Å²) in [4.78, 5) is 26.6. The molecule has 22 heavy (non-hydrogen) atoms. The predicted octanol–water partition coefficient (Wildman–Crippen LogP) is 2.37. The van der Waals surface area contributed by atoms with E-state index < -0.39 is 0 Å². The van der Waals surface area contributed by atoms with E-state index in [-0.39, 0.29) is 5.91 Å². The highest BCUT2D eigenvalue weighted by Gasteiger charge is 2.07. The van der Waals surface area contributed by atoms with Crippen LogP contribution < -0.4 is 5.32 Å². The van der Waals surface area contributed by atoms with Crippen molar-refractivity contribution >= 4 is 28.0 Å². The molecule has 0 saturated heterocycles. The maximum Gasteiger partial charge on any atom is 0.251 e. The number of nitrogens with one attached hydrogen (secondary N) is 3. The molecule has 4 rings (SSSR count). The lowest BCUT2D eigenvalue weighted by atomic mass is 10.1. The van der Waals surface area contributed by atoms with E-state index in [1.807, 2.05) is 24.3 Å². The molecule has 6 nitrogen and oxygen atoms in total. The Kier molecular flexibility index (Phi) is 2.86. The van der Waals surface area contributed by atoms with Crippen molar-refractivity contribution in [1.82, 2.24) is 25.3 Å².